The first kappa shape index (κ1) is 19.5. The molecule has 0 bridgehead atoms. The molecule has 1 atom stereocenters. The van der Waals surface area contributed by atoms with Crippen LogP contribution in [0.3, 0.4) is 0 Å². The normalized spacial score (nSPS) is 17.7. The summed E-state index contributed by atoms with van der Waals surface area (Å²) in [5, 5.41) is -0.714. The number of piperidine rings is 1. The van der Waals surface area contributed by atoms with Crippen molar-refractivity contribution in [1.29, 1.82) is 0 Å². The topological polar surface area (TPSA) is 54.5 Å². The Hall–Kier alpha value is -2.28. The minimum absolute atomic E-state index is 0.0644. The van der Waals surface area contributed by atoms with Crippen molar-refractivity contribution in [2.75, 3.05) is 13.1 Å². The summed E-state index contributed by atoms with van der Waals surface area (Å²) in [4.78, 5) is 14.1. The quantitative estimate of drug-likeness (QED) is 0.732. The summed E-state index contributed by atoms with van der Waals surface area (Å²) in [6, 6.07) is 11.0. The molecular formula is C20H21F2NO3S. The molecule has 0 unspecified atom stereocenters. The largest absolute Gasteiger partial charge is 0.341 e. The number of hydrogen-bond acceptors (Lipinski definition) is 3. The molecule has 4 nitrogen and oxygen atoms in total. The lowest BCUT2D eigenvalue weighted by Crippen LogP contribution is -2.45. The van der Waals surface area contributed by atoms with Crippen LogP contribution in [0, 0.1) is 11.6 Å². The monoisotopic (exact) mass is 393 g/mol. The van der Waals surface area contributed by atoms with Crippen molar-refractivity contribution in [2.24, 2.45) is 0 Å². The lowest BCUT2D eigenvalue weighted by molar-refractivity contribution is -0.131. The lowest BCUT2D eigenvalue weighted by Gasteiger charge is -2.32. The van der Waals surface area contributed by atoms with E-state index in [0.29, 0.717) is 24.9 Å². The first-order chi connectivity index (χ1) is 12.9. The Morgan fingerprint density at radius 2 is 1.78 bits per heavy atom. The Bertz CT molecular complexity index is 913. The maximum atomic E-state index is 13.7. The minimum atomic E-state index is -3.64. The van der Waals surface area contributed by atoms with Crippen molar-refractivity contribution in [3.05, 3.63) is 65.7 Å². The zero-order chi connectivity index (χ0) is 19.4. The summed E-state index contributed by atoms with van der Waals surface area (Å²) in [6.07, 6.45) is 1.44. The molecule has 1 fully saturated rings. The second-order valence-corrected chi connectivity index (χ2v) is 8.92. The van der Waals surface area contributed by atoms with E-state index in [1.54, 1.807) is 18.2 Å². The summed E-state index contributed by atoms with van der Waals surface area (Å²) in [7, 11) is -3.64. The highest BCUT2D eigenvalue weighted by Crippen LogP contribution is 2.24. The number of sulfone groups is 1. The highest BCUT2D eigenvalue weighted by atomic mass is 32.2. The molecule has 1 aliphatic heterocycles. The highest BCUT2D eigenvalue weighted by Gasteiger charge is 2.33. The Kier molecular flexibility index (Phi) is 5.89. The average molecular weight is 393 g/mol. The molecule has 0 saturated carbocycles. The van der Waals surface area contributed by atoms with E-state index in [1.165, 1.54) is 23.1 Å². The van der Waals surface area contributed by atoms with E-state index in [2.05, 4.69) is 0 Å². The van der Waals surface area contributed by atoms with Gasteiger partial charge in [0.15, 0.2) is 9.84 Å². The van der Waals surface area contributed by atoms with Gasteiger partial charge in [0, 0.05) is 19.5 Å². The number of benzene rings is 2. The Morgan fingerprint density at radius 1 is 1.07 bits per heavy atom. The van der Waals surface area contributed by atoms with Crippen LogP contribution in [0.25, 0.3) is 0 Å². The Balaban J connectivity index is 1.65. The summed E-state index contributed by atoms with van der Waals surface area (Å²) in [5.74, 6) is -1.03. The zero-order valence-corrected chi connectivity index (χ0v) is 15.6. The van der Waals surface area contributed by atoms with E-state index in [4.69, 9.17) is 0 Å². The highest BCUT2D eigenvalue weighted by molar-refractivity contribution is 7.92. The van der Waals surface area contributed by atoms with Crippen LogP contribution in [0.1, 0.15) is 24.8 Å². The van der Waals surface area contributed by atoms with Gasteiger partial charge in [-0.25, -0.2) is 17.2 Å². The number of hydrogen-bond donors (Lipinski definition) is 0. The summed E-state index contributed by atoms with van der Waals surface area (Å²) < 4.78 is 52.3. The predicted octanol–water partition coefficient (Wildman–Crippen LogP) is 3.36. The molecule has 1 aliphatic rings. The first-order valence-corrected chi connectivity index (χ1v) is 10.4. The van der Waals surface area contributed by atoms with Crippen molar-refractivity contribution >= 4 is 15.7 Å². The summed E-state index contributed by atoms with van der Waals surface area (Å²) in [5.41, 5.74) is 0.471. The number of nitrogens with zero attached hydrogens (tertiary/aromatic N) is 1. The van der Waals surface area contributed by atoms with Crippen LogP contribution in [0.2, 0.25) is 0 Å². The van der Waals surface area contributed by atoms with Crippen LogP contribution in [0.4, 0.5) is 8.78 Å². The van der Waals surface area contributed by atoms with Crippen molar-refractivity contribution in [3.8, 4) is 0 Å². The maximum absolute atomic E-state index is 13.7. The molecule has 7 heteroatoms. The first-order valence-electron chi connectivity index (χ1n) is 8.88. The van der Waals surface area contributed by atoms with Gasteiger partial charge < -0.3 is 4.90 Å². The van der Waals surface area contributed by atoms with Crippen LogP contribution in [0.15, 0.2) is 53.4 Å². The van der Waals surface area contributed by atoms with Gasteiger partial charge in [-0.2, -0.15) is 0 Å². The SMILES string of the molecule is O=C(CCc1ccccc1F)N1CCC[C@H](S(=O)(=O)c2ccc(F)cc2)C1. The summed E-state index contributed by atoms with van der Waals surface area (Å²) >= 11 is 0. The molecule has 0 N–H and O–H groups in total. The number of aryl methyl sites for hydroxylation is 1. The smallest absolute Gasteiger partial charge is 0.222 e. The number of carbonyl (C=O) groups excluding carboxylic acids is 1. The van der Waals surface area contributed by atoms with E-state index in [-0.39, 0.29) is 36.0 Å². The van der Waals surface area contributed by atoms with Crippen LogP contribution in [-0.4, -0.2) is 37.6 Å². The Morgan fingerprint density at radius 3 is 2.48 bits per heavy atom. The summed E-state index contributed by atoms with van der Waals surface area (Å²) in [6.45, 7) is 0.599. The third-order valence-electron chi connectivity index (χ3n) is 4.88. The molecule has 2 aromatic carbocycles. The van der Waals surface area contributed by atoms with E-state index < -0.39 is 20.9 Å². The molecular weight excluding hydrogens is 372 g/mol. The van der Waals surface area contributed by atoms with Gasteiger partial charge in [0.1, 0.15) is 11.6 Å². The number of carbonyl (C=O) groups is 1. The van der Waals surface area contributed by atoms with Gasteiger partial charge in [-0.1, -0.05) is 18.2 Å². The van der Waals surface area contributed by atoms with E-state index >= 15 is 0 Å². The van der Waals surface area contributed by atoms with Gasteiger partial charge in [0.05, 0.1) is 10.1 Å². The van der Waals surface area contributed by atoms with Crippen LogP contribution in [0.5, 0.6) is 0 Å². The molecule has 1 heterocycles. The molecule has 0 aliphatic carbocycles. The van der Waals surface area contributed by atoms with Crippen molar-refractivity contribution in [3.63, 3.8) is 0 Å². The fourth-order valence-corrected chi connectivity index (χ4v) is 5.09. The van der Waals surface area contributed by atoms with Gasteiger partial charge in [-0.15, -0.1) is 0 Å². The molecule has 3 rings (SSSR count). The fraction of sp³-hybridized carbons (Fsp3) is 0.350. The van der Waals surface area contributed by atoms with Gasteiger partial charge in [-0.3, -0.25) is 4.79 Å². The number of halogens is 2. The predicted molar refractivity (Wildman–Crippen MR) is 97.9 cm³/mol. The molecule has 0 spiro atoms. The molecule has 27 heavy (non-hydrogen) atoms. The molecule has 1 saturated heterocycles. The van der Waals surface area contributed by atoms with Gasteiger partial charge in [0.25, 0.3) is 0 Å². The number of likely N-dealkylation sites (tertiary alicyclic amines) is 1. The van der Waals surface area contributed by atoms with E-state index in [9.17, 15) is 22.0 Å². The third kappa shape index (κ3) is 4.53. The second kappa shape index (κ2) is 8.17. The average Bonchev–Trinajstić information content (AvgIpc) is 2.67. The lowest BCUT2D eigenvalue weighted by atomic mass is 10.1. The molecule has 2 aromatic rings. The van der Waals surface area contributed by atoms with Crippen molar-refractivity contribution in [2.45, 2.75) is 35.8 Å². The third-order valence-corrected chi connectivity index (χ3v) is 7.07. The van der Waals surface area contributed by atoms with E-state index in [0.717, 1.165) is 12.1 Å². The van der Waals surface area contributed by atoms with Gasteiger partial charge >= 0.3 is 0 Å². The maximum Gasteiger partial charge on any atom is 0.222 e. The zero-order valence-electron chi connectivity index (χ0n) is 14.8. The fourth-order valence-electron chi connectivity index (χ4n) is 3.34. The molecule has 144 valence electrons. The number of amides is 1. The van der Waals surface area contributed by atoms with Crippen molar-refractivity contribution < 1.29 is 22.0 Å². The second-order valence-electron chi connectivity index (χ2n) is 6.69. The van der Waals surface area contributed by atoms with Gasteiger partial charge in [-0.05, 0) is 55.2 Å². The van der Waals surface area contributed by atoms with E-state index in [1.807, 2.05) is 0 Å². The van der Waals surface area contributed by atoms with Crippen LogP contribution >= 0.6 is 0 Å². The molecule has 0 radical (unpaired) electrons. The Labute approximate surface area is 157 Å². The van der Waals surface area contributed by atoms with Gasteiger partial charge in [0.2, 0.25) is 5.91 Å². The molecule has 0 aromatic heterocycles. The molecule has 1 amide bonds. The minimum Gasteiger partial charge on any atom is -0.341 e. The number of rotatable bonds is 5. The standard InChI is InChI=1S/C20H21F2NO3S/c21-16-8-10-17(11-9-16)27(25,26)18-5-3-13-23(14-18)20(24)12-7-15-4-1-2-6-19(15)22/h1-2,4,6,8-11,18H,3,5,7,12-14H2/t18-/m0/s1. The van der Waals surface area contributed by atoms with Crippen molar-refractivity contribution in [1.82, 2.24) is 4.90 Å². The van der Waals surface area contributed by atoms with Crippen LogP contribution < -0.4 is 0 Å². The van der Waals surface area contributed by atoms with Crippen LogP contribution in [-0.2, 0) is 21.1 Å².